The Balaban J connectivity index is 3.43. The molecule has 0 bridgehead atoms. The van der Waals surface area contributed by atoms with Crippen molar-refractivity contribution < 1.29 is 8.42 Å². The lowest BCUT2D eigenvalue weighted by Crippen LogP contribution is -2.27. The fraction of sp³-hybridized carbons (Fsp3) is 1.00. The number of nitrogens with one attached hydrogen (secondary N) is 1. The van der Waals surface area contributed by atoms with Crippen molar-refractivity contribution in [2.75, 3.05) is 18.6 Å². The average molecular weight is 235 g/mol. The quantitative estimate of drug-likeness (QED) is 0.653. The van der Waals surface area contributed by atoms with Gasteiger partial charge in [-0.25, -0.2) is 8.42 Å². The average Bonchev–Trinajstić information content (AvgIpc) is 2.07. The standard InChI is InChI=1S/C11H25NO2S/c1-10(2)12-9-11(3)7-5-6-8-15(4,13)14/h10-12H,5-9H2,1-4H3. The van der Waals surface area contributed by atoms with Gasteiger partial charge in [-0.2, -0.15) is 0 Å². The predicted octanol–water partition coefficient (Wildman–Crippen LogP) is 1.84. The van der Waals surface area contributed by atoms with Crippen LogP contribution in [0.5, 0.6) is 0 Å². The Kier molecular flexibility index (Phi) is 7.18. The highest BCUT2D eigenvalue weighted by atomic mass is 32.2. The summed E-state index contributed by atoms with van der Waals surface area (Å²) in [4.78, 5) is 0. The molecule has 15 heavy (non-hydrogen) atoms. The maximum atomic E-state index is 10.9. The van der Waals surface area contributed by atoms with Gasteiger partial charge in [-0.15, -0.1) is 0 Å². The summed E-state index contributed by atoms with van der Waals surface area (Å²) in [7, 11) is -2.76. The molecule has 0 aliphatic heterocycles. The van der Waals surface area contributed by atoms with Gasteiger partial charge in [0.25, 0.3) is 0 Å². The van der Waals surface area contributed by atoms with Crippen LogP contribution in [-0.2, 0) is 9.84 Å². The van der Waals surface area contributed by atoms with Gasteiger partial charge in [-0.3, -0.25) is 0 Å². The number of hydrogen-bond acceptors (Lipinski definition) is 3. The summed E-state index contributed by atoms with van der Waals surface area (Å²) in [5, 5.41) is 3.38. The monoisotopic (exact) mass is 235 g/mol. The van der Waals surface area contributed by atoms with Gasteiger partial charge in [-0.05, 0) is 25.3 Å². The minimum absolute atomic E-state index is 0.331. The molecule has 3 nitrogen and oxygen atoms in total. The van der Waals surface area contributed by atoms with Gasteiger partial charge < -0.3 is 5.32 Å². The zero-order chi connectivity index (χ0) is 11.9. The second-order valence-corrected chi connectivity index (χ2v) is 7.05. The fourth-order valence-electron chi connectivity index (χ4n) is 1.40. The highest BCUT2D eigenvalue weighted by Gasteiger charge is 2.05. The van der Waals surface area contributed by atoms with E-state index in [9.17, 15) is 8.42 Å². The van der Waals surface area contributed by atoms with Crippen LogP contribution >= 0.6 is 0 Å². The number of sulfone groups is 1. The summed E-state index contributed by atoms with van der Waals surface area (Å²) in [6.07, 6.45) is 4.21. The Bertz CT molecular complexity index is 247. The minimum Gasteiger partial charge on any atom is -0.314 e. The van der Waals surface area contributed by atoms with Crippen LogP contribution in [0.4, 0.5) is 0 Å². The molecule has 0 rings (SSSR count). The Morgan fingerprint density at radius 2 is 1.73 bits per heavy atom. The van der Waals surface area contributed by atoms with Gasteiger partial charge in [0.05, 0.1) is 0 Å². The summed E-state index contributed by atoms with van der Waals surface area (Å²) in [6.45, 7) is 7.50. The van der Waals surface area contributed by atoms with Gasteiger partial charge in [0.2, 0.25) is 0 Å². The van der Waals surface area contributed by atoms with E-state index in [2.05, 4.69) is 26.1 Å². The molecule has 4 heteroatoms. The summed E-state index contributed by atoms with van der Waals surface area (Å²) < 4.78 is 21.8. The van der Waals surface area contributed by atoms with Crippen LogP contribution in [0.25, 0.3) is 0 Å². The van der Waals surface area contributed by atoms with E-state index in [1.54, 1.807) is 0 Å². The van der Waals surface area contributed by atoms with Gasteiger partial charge >= 0.3 is 0 Å². The van der Waals surface area contributed by atoms with E-state index in [0.29, 0.717) is 17.7 Å². The van der Waals surface area contributed by atoms with Crippen molar-refractivity contribution in [3.05, 3.63) is 0 Å². The van der Waals surface area contributed by atoms with Crippen LogP contribution in [-0.4, -0.2) is 33.0 Å². The van der Waals surface area contributed by atoms with Crippen LogP contribution < -0.4 is 5.32 Å². The van der Waals surface area contributed by atoms with Crippen LogP contribution in [0, 0.1) is 5.92 Å². The summed E-state index contributed by atoms with van der Waals surface area (Å²) in [6, 6.07) is 0.531. The molecule has 0 fully saturated rings. The fourth-order valence-corrected chi connectivity index (χ4v) is 2.12. The smallest absolute Gasteiger partial charge is 0.147 e. The molecule has 0 aliphatic carbocycles. The molecular formula is C11H25NO2S. The largest absolute Gasteiger partial charge is 0.314 e. The Morgan fingerprint density at radius 1 is 1.13 bits per heavy atom. The maximum absolute atomic E-state index is 10.9. The summed E-state index contributed by atoms with van der Waals surface area (Å²) in [5.41, 5.74) is 0. The molecule has 0 aromatic heterocycles. The molecule has 0 spiro atoms. The second-order valence-electron chi connectivity index (χ2n) is 4.79. The third kappa shape index (κ3) is 11.8. The predicted molar refractivity (Wildman–Crippen MR) is 65.9 cm³/mol. The Morgan fingerprint density at radius 3 is 2.20 bits per heavy atom. The first-order valence-corrected chi connectivity index (χ1v) is 7.78. The van der Waals surface area contributed by atoms with Crippen LogP contribution in [0.3, 0.4) is 0 Å². The molecule has 1 unspecified atom stereocenters. The lowest BCUT2D eigenvalue weighted by molar-refractivity contribution is 0.441. The molecule has 0 aromatic carbocycles. The lowest BCUT2D eigenvalue weighted by Gasteiger charge is -2.14. The first kappa shape index (κ1) is 14.9. The van der Waals surface area contributed by atoms with Crippen molar-refractivity contribution in [1.29, 1.82) is 0 Å². The van der Waals surface area contributed by atoms with Crippen molar-refractivity contribution >= 4 is 9.84 Å². The van der Waals surface area contributed by atoms with Crippen molar-refractivity contribution in [3.63, 3.8) is 0 Å². The SMILES string of the molecule is CC(CCCCS(C)(=O)=O)CNC(C)C. The van der Waals surface area contributed by atoms with Crippen LogP contribution in [0.2, 0.25) is 0 Å². The van der Waals surface area contributed by atoms with Gasteiger partial charge in [0, 0.05) is 18.1 Å². The molecule has 0 aliphatic rings. The zero-order valence-electron chi connectivity index (χ0n) is 10.4. The van der Waals surface area contributed by atoms with E-state index in [0.717, 1.165) is 25.8 Å². The van der Waals surface area contributed by atoms with Gasteiger partial charge in [0.15, 0.2) is 0 Å². The molecule has 0 saturated heterocycles. The summed E-state index contributed by atoms with van der Waals surface area (Å²) in [5.74, 6) is 0.962. The topological polar surface area (TPSA) is 46.2 Å². The van der Waals surface area contributed by atoms with Crippen molar-refractivity contribution in [1.82, 2.24) is 5.32 Å². The highest BCUT2D eigenvalue weighted by molar-refractivity contribution is 7.90. The molecule has 0 aromatic rings. The molecule has 0 amide bonds. The van der Waals surface area contributed by atoms with Crippen molar-refractivity contribution in [2.45, 2.75) is 46.1 Å². The van der Waals surface area contributed by atoms with E-state index in [-0.39, 0.29) is 0 Å². The molecule has 0 radical (unpaired) electrons. The maximum Gasteiger partial charge on any atom is 0.147 e. The van der Waals surface area contributed by atoms with Gasteiger partial charge in [0.1, 0.15) is 9.84 Å². The minimum atomic E-state index is -2.76. The Hall–Kier alpha value is -0.0900. The van der Waals surface area contributed by atoms with Crippen LogP contribution in [0.1, 0.15) is 40.0 Å². The van der Waals surface area contributed by atoms with E-state index in [4.69, 9.17) is 0 Å². The summed E-state index contributed by atoms with van der Waals surface area (Å²) >= 11 is 0. The molecule has 92 valence electrons. The molecule has 0 saturated carbocycles. The zero-order valence-corrected chi connectivity index (χ0v) is 11.2. The first-order chi connectivity index (χ1) is 6.81. The second kappa shape index (κ2) is 7.23. The highest BCUT2D eigenvalue weighted by Crippen LogP contribution is 2.07. The van der Waals surface area contributed by atoms with Crippen molar-refractivity contribution in [2.24, 2.45) is 5.92 Å². The molecule has 1 atom stereocenters. The third-order valence-electron chi connectivity index (χ3n) is 2.34. The van der Waals surface area contributed by atoms with Crippen LogP contribution in [0.15, 0.2) is 0 Å². The van der Waals surface area contributed by atoms with Gasteiger partial charge in [-0.1, -0.05) is 27.2 Å². The molecule has 0 heterocycles. The lowest BCUT2D eigenvalue weighted by atomic mass is 10.0. The van der Waals surface area contributed by atoms with E-state index >= 15 is 0 Å². The first-order valence-electron chi connectivity index (χ1n) is 5.72. The van der Waals surface area contributed by atoms with E-state index in [1.807, 2.05) is 0 Å². The number of hydrogen-bond donors (Lipinski definition) is 1. The molecular weight excluding hydrogens is 210 g/mol. The van der Waals surface area contributed by atoms with E-state index < -0.39 is 9.84 Å². The Labute approximate surface area is 94.6 Å². The normalized spacial score (nSPS) is 14.5. The number of rotatable bonds is 8. The molecule has 1 N–H and O–H groups in total. The number of unbranched alkanes of at least 4 members (excludes halogenated alkanes) is 1. The van der Waals surface area contributed by atoms with Crippen molar-refractivity contribution in [3.8, 4) is 0 Å². The third-order valence-corrected chi connectivity index (χ3v) is 3.37. The van der Waals surface area contributed by atoms with E-state index in [1.165, 1.54) is 6.26 Å².